The van der Waals surface area contributed by atoms with Crippen molar-refractivity contribution in [2.75, 3.05) is 0 Å². The molecule has 0 aliphatic rings. The summed E-state index contributed by atoms with van der Waals surface area (Å²) in [5, 5.41) is 8.58. The van der Waals surface area contributed by atoms with Crippen LogP contribution in [0.5, 0.6) is 0 Å². The smallest absolute Gasteiger partial charge is 0.306 e. The number of oxazole rings is 1. The normalized spacial score (nSPS) is 12.8. The molecule has 1 aromatic rings. The number of aliphatic carboxylic acids is 1. The molecule has 4 nitrogen and oxygen atoms in total. The van der Waals surface area contributed by atoms with E-state index in [4.69, 9.17) is 9.52 Å². The third kappa shape index (κ3) is 2.34. The van der Waals surface area contributed by atoms with Crippen LogP contribution in [0, 0.1) is 5.92 Å². The lowest BCUT2D eigenvalue weighted by Crippen LogP contribution is -2.11. The minimum atomic E-state index is -0.831. The number of carboxylic acids is 1. The summed E-state index contributed by atoms with van der Waals surface area (Å²) < 4.78 is 5.05. The summed E-state index contributed by atoms with van der Waals surface area (Å²) >= 11 is 3.03. The summed E-state index contributed by atoms with van der Waals surface area (Å²) in [6.45, 7) is 1.62. The van der Waals surface area contributed by atoms with Gasteiger partial charge < -0.3 is 9.52 Å². The SMILES string of the molecule is CC(Cc1cnc(Br)o1)C(=O)O. The van der Waals surface area contributed by atoms with Crippen molar-refractivity contribution in [2.24, 2.45) is 5.92 Å². The van der Waals surface area contributed by atoms with Crippen molar-refractivity contribution in [1.29, 1.82) is 0 Å². The van der Waals surface area contributed by atoms with E-state index in [2.05, 4.69) is 20.9 Å². The molecule has 1 heterocycles. The maximum atomic E-state index is 10.4. The molecule has 5 heteroatoms. The first kappa shape index (κ1) is 9.25. The molecule has 0 radical (unpaired) electrons. The first-order valence-corrected chi connectivity index (χ1v) is 4.22. The van der Waals surface area contributed by atoms with Crippen LogP contribution in [0.15, 0.2) is 15.4 Å². The highest BCUT2D eigenvalue weighted by molar-refractivity contribution is 9.10. The van der Waals surface area contributed by atoms with Crippen LogP contribution < -0.4 is 0 Å². The van der Waals surface area contributed by atoms with Crippen molar-refractivity contribution in [3.8, 4) is 0 Å². The zero-order valence-electron chi connectivity index (χ0n) is 6.45. The van der Waals surface area contributed by atoms with Crippen LogP contribution in [0.3, 0.4) is 0 Å². The fourth-order valence-electron chi connectivity index (χ4n) is 0.767. The second-order valence-electron chi connectivity index (χ2n) is 2.52. The Morgan fingerprint density at radius 2 is 2.58 bits per heavy atom. The standard InChI is InChI=1S/C7H8BrNO3/c1-4(6(10)11)2-5-3-9-7(8)12-5/h3-4H,2H2,1H3,(H,10,11). The lowest BCUT2D eigenvalue weighted by Gasteiger charge is -2.00. The number of hydrogen-bond acceptors (Lipinski definition) is 3. The molecule has 0 saturated heterocycles. The maximum absolute atomic E-state index is 10.4. The van der Waals surface area contributed by atoms with Gasteiger partial charge in [0.15, 0.2) is 0 Å². The highest BCUT2D eigenvalue weighted by atomic mass is 79.9. The Labute approximate surface area is 77.7 Å². The van der Waals surface area contributed by atoms with E-state index in [9.17, 15) is 4.79 Å². The van der Waals surface area contributed by atoms with Crippen LogP contribution >= 0.6 is 15.9 Å². The van der Waals surface area contributed by atoms with Crippen LogP contribution in [0.1, 0.15) is 12.7 Å². The summed E-state index contributed by atoms with van der Waals surface area (Å²) in [7, 11) is 0. The van der Waals surface area contributed by atoms with Crippen molar-refractivity contribution >= 4 is 21.9 Å². The topological polar surface area (TPSA) is 63.3 Å². The summed E-state index contributed by atoms with van der Waals surface area (Å²) in [6, 6.07) is 0. The zero-order chi connectivity index (χ0) is 9.14. The minimum absolute atomic E-state index is 0.369. The number of rotatable bonds is 3. The van der Waals surface area contributed by atoms with Crippen LogP contribution in [-0.2, 0) is 11.2 Å². The van der Waals surface area contributed by atoms with Crippen molar-refractivity contribution in [1.82, 2.24) is 4.98 Å². The van der Waals surface area contributed by atoms with Gasteiger partial charge in [-0.3, -0.25) is 4.79 Å². The van der Waals surface area contributed by atoms with Crippen molar-refractivity contribution < 1.29 is 14.3 Å². The van der Waals surface area contributed by atoms with Gasteiger partial charge >= 0.3 is 5.97 Å². The molecule has 0 saturated carbocycles. The second kappa shape index (κ2) is 3.71. The average Bonchev–Trinajstić information content (AvgIpc) is 2.35. The van der Waals surface area contributed by atoms with Gasteiger partial charge in [-0.05, 0) is 0 Å². The number of nitrogens with zero attached hydrogens (tertiary/aromatic N) is 1. The molecule has 0 aliphatic carbocycles. The van der Waals surface area contributed by atoms with Gasteiger partial charge in [0.05, 0.1) is 12.1 Å². The monoisotopic (exact) mass is 233 g/mol. The van der Waals surface area contributed by atoms with Crippen LogP contribution in [0.25, 0.3) is 0 Å². The average molecular weight is 234 g/mol. The van der Waals surface area contributed by atoms with E-state index >= 15 is 0 Å². The molecule has 1 aromatic heterocycles. The summed E-state index contributed by atoms with van der Waals surface area (Å²) in [6.07, 6.45) is 1.89. The molecule has 0 bridgehead atoms. The van der Waals surface area contributed by atoms with Gasteiger partial charge in [-0.2, -0.15) is 0 Å². The van der Waals surface area contributed by atoms with Gasteiger partial charge in [-0.15, -0.1) is 0 Å². The van der Waals surface area contributed by atoms with Gasteiger partial charge in [0.25, 0.3) is 4.80 Å². The van der Waals surface area contributed by atoms with Gasteiger partial charge in [0.1, 0.15) is 5.76 Å². The summed E-state index contributed by atoms with van der Waals surface area (Å²) in [5.41, 5.74) is 0. The highest BCUT2D eigenvalue weighted by Gasteiger charge is 2.13. The molecule has 66 valence electrons. The molecule has 1 rings (SSSR count). The molecular formula is C7H8BrNO3. The first-order valence-electron chi connectivity index (χ1n) is 3.42. The Morgan fingerprint density at radius 3 is 3.00 bits per heavy atom. The van der Waals surface area contributed by atoms with E-state index in [1.54, 1.807) is 6.92 Å². The van der Waals surface area contributed by atoms with E-state index in [0.29, 0.717) is 17.0 Å². The summed E-state index contributed by atoms with van der Waals surface area (Å²) in [4.78, 5) is 14.6. The molecule has 0 fully saturated rings. The Bertz CT molecular complexity index is 284. The predicted molar refractivity (Wildman–Crippen MR) is 44.7 cm³/mol. The van der Waals surface area contributed by atoms with E-state index < -0.39 is 11.9 Å². The summed E-state index contributed by atoms with van der Waals surface area (Å²) in [5.74, 6) is -0.691. The molecule has 0 aromatic carbocycles. The highest BCUT2D eigenvalue weighted by Crippen LogP contribution is 2.13. The third-order valence-electron chi connectivity index (χ3n) is 1.45. The molecule has 12 heavy (non-hydrogen) atoms. The molecule has 0 amide bonds. The van der Waals surface area contributed by atoms with E-state index in [1.165, 1.54) is 6.20 Å². The van der Waals surface area contributed by atoms with Crippen molar-refractivity contribution in [3.63, 3.8) is 0 Å². The zero-order valence-corrected chi connectivity index (χ0v) is 8.04. The maximum Gasteiger partial charge on any atom is 0.306 e. The van der Waals surface area contributed by atoms with Crippen LogP contribution in [-0.4, -0.2) is 16.1 Å². The lowest BCUT2D eigenvalue weighted by molar-refractivity contribution is -0.141. The van der Waals surface area contributed by atoms with Gasteiger partial charge in [0.2, 0.25) is 0 Å². The number of halogens is 1. The minimum Gasteiger partial charge on any atom is -0.481 e. The van der Waals surface area contributed by atoms with Gasteiger partial charge in [0, 0.05) is 22.4 Å². The van der Waals surface area contributed by atoms with Crippen molar-refractivity contribution in [2.45, 2.75) is 13.3 Å². The molecule has 0 spiro atoms. The second-order valence-corrected chi connectivity index (χ2v) is 3.20. The molecule has 1 N–H and O–H groups in total. The Hall–Kier alpha value is -0.840. The van der Waals surface area contributed by atoms with E-state index in [-0.39, 0.29) is 0 Å². The first-order chi connectivity index (χ1) is 5.59. The fraction of sp³-hybridized carbons (Fsp3) is 0.429. The fourth-order valence-corrected chi connectivity index (χ4v) is 1.08. The number of aromatic nitrogens is 1. The van der Waals surface area contributed by atoms with Gasteiger partial charge in [-0.1, -0.05) is 6.92 Å². The van der Waals surface area contributed by atoms with Crippen LogP contribution in [0.4, 0.5) is 0 Å². The molecule has 1 atom stereocenters. The Kier molecular flexibility index (Phi) is 2.86. The largest absolute Gasteiger partial charge is 0.481 e. The third-order valence-corrected chi connectivity index (χ3v) is 1.82. The number of carbonyl (C=O) groups is 1. The van der Waals surface area contributed by atoms with Gasteiger partial charge in [-0.25, -0.2) is 4.98 Å². The predicted octanol–water partition coefficient (Wildman–Crippen LogP) is 1.70. The number of hydrogen-bond donors (Lipinski definition) is 1. The lowest BCUT2D eigenvalue weighted by atomic mass is 10.1. The number of carboxylic acid groups (broad SMARTS) is 1. The van der Waals surface area contributed by atoms with E-state index in [0.717, 1.165) is 0 Å². The quantitative estimate of drug-likeness (QED) is 0.864. The Morgan fingerprint density at radius 1 is 1.92 bits per heavy atom. The van der Waals surface area contributed by atoms with E-state index in [1.807, 2.05) is 0 Å². The molecular weight excluding hydrogens is 226 g/mol. The van der Waals surface area contributed by atoms with Crippen LogP contribution in [0.2, 0.25) is 0 Å². The molecule has 1 unspecified atom stereocenters. The van der Waals surface area contributed by atoms with Crippen molar-refractivity contribution in [3.05, 3.63) is 16.8 Å². The Balaban J connectivity index is 2.58. The molecule has 0 aliphatic heterocycles.